The highest BCUT2D eigenvalue weighted by Crippen LogP contribution is 2.32. The van der Waals surface area contributed by atoms with Crippen molar-refractivity contribution in [2.75, 3.05) is 90.9 Å². The van der Waals surface area contributed by atoms with E-state index in [1.807, 2.05) is 4.90 Å². The quantitative estimate of drug-likeness (QED) is 0.0356. The number of carbonyl (C=O) groups is 5. The molecule has 370 valence electrons. The molecule has 3 fully saturated rings. The number of piperidine rings is 2. The van der Waals surface area contributed by atoms with E-state index in [9.17, 15) is 24.0 Å². The first kappa shape index (κ1) is 49.8. The van der Waals surface area contributed by atoms with Gasteiger partial charge in [-0.05, 0) is 61.2 Å². The molecule has 5 amide bonds. The molecule has 1 aromatic heterocycles. The van der Waals surface area contributed by atoms with Gasteiger partial charge in [0.1, 0.15) is 24.3 Å². The van der Waals surface area contributed by atoms with E-state index in [0.717, 1.165) is 4.90 Å². The third kappa shape index (κ3) is 12.2. The first-order valence-corrected chi connectivity index (χ1v) is 23.3. The van der Waals surface area contributed by atoms with Crippen LogP contribution in [-0.4, -0.2) is 158 Å². The molecule has 8 rings (SSSR count). The number of ether oxygens (including phenoxy) is 3. The van der Waals surface area contributed by atoms with E-state index in [2.05, 4.69) is 15.6 Å². The van der Waals surface area contributed by atoms with Crippen LogP contribution in [0.25, 0.3) is 27.7 Å². The summed E-state index contributed by atoms with van der Waals surface area (Å²) in [7, 11) is 0. The summed E-state index contributed by atoms with van der Waals surface area (Å²) >= 11 is 0. The van der Waals surface area contributed by atoms with Gasteiger partial charge >= 0.3 is 0 Å². The summed E-state index contributed by atoms with van der Waals surface area (Å²) in [5, 5.41) is 5.33. The topological polar surface area (TPSA) is 229 Å². The highest BCUT2D eigenvalue weighted by Gasteiger charge is 2.44. The van der Waals surface area contributed by atoms with Gasteiger partial charge in [0.15, 0.2) is 0 Å². The zero-order chi connectivity index (χ0) is 49.0. The fraction of sp³-hybridized carbons (Fsp3) is 0.429. The summed E-state index contributed by atoms with van der Waals surface area (Å²) in [5.74, 6) is -3.53. The van der Waals surface area contributed by atoms with Gasteiger partial charge in [-0.2, -0.15) is 0 Å². The highest BCUT2D eigenvalue weighted by molar-refractivity contribution is 6.23. The Balaban J connectivity index is 0.683. The van der Waals surface area contributed by atoms with Gasteiger partial charge in [-0.3, -0.25) is 49.1 Å². The molecule has 0 spiro atoms. The molecule has 1 unspecified atom stereocenters. The summed E-state index contributed by atoms with van der Waals surface area (Å²) in [5.41, 5.74) is 9.93. The van der Waals surface area contributed by atoms with Gasteiger partial charge in [0, 0.05) is 80.5 Å². The lowest BCUT2D eigenvalue weighted by Gasteiger charge is -2.30. The maximum Gasteiger partial charge on any atom is 0.262 e. The number of aromatic nitrogens is 2. The number of para-hydroxylation sites is 1. The Kier molecular flexibility index (Phi) is 16.9. The number of benzene rings is 3. The predicted octanol–water partition coefficient (Wildman–Crippen LogP) is 3.65. The molecule has 0 saturated carbocycles. The minimum Gasteiger partial charge on any atom is -0.404 e. The first-order chi connectivity index (χ1) is 34.1. The molecule has 4 aromatic rings. The van der Waals surface area contributed by atoms with Crippen LogP contribution in [0, 0.1) is 11.6 Å². The lowest BCUT2D eigenvalue weighted by Crippen LogP contribution is -2.54. The number of fused-ring (bicyclic) bond motifs is 2. The SMILES string of the molecule is NC=C(C=NC1CCN(C(=O)CCOOCCOCCOCCNc2ccc3c(c2)C(=O)N(C2CCC(=O)NC2=O)C3=O)CC1)c1cnc2cccc(-c3cc(F)c(CN4CCOCC4)c(F)c3)c2n1. The van der Waals surface area contributed by atoms with Crippen molar-refractivity contribution in [2.24, 2.45) is 10.7 Å². The Hall–Kier alpha value is -6.62. The zero-order valence-electron chi connectivity index (χ0n) is 38.5. The van der Waals surface area contributed by atoms with Crippen LogP contribution in [0.4, 0.5) is 14.5 Å². The molecule has 3 saturated heterocycles. The van der Waals surface area contributed by atoms with Crippen LogP contribution in [0.1, 0.15) is 64.1 Å². The van der Waals surface area contributed by atoms with Gasteiger partial charge in [-0.1, -0.05) is 12.1 Å². The van der Waals surface area contributed by atoms with Gasteiger partial charge in [-0.15, -0.1) is 0 Å². The van der Waals surface area contributed by atoms with E-state index >= 15 is 8.78 Å². The third-order valence-electron chi connectivity index (χ3n) is 12.4. The second-order valence-corrected chi connectivity index (χ2v) is 17.0. The number of aliphatic imine (C=N–C) groups is 1. The molecule has 0 bridgehead atoms. The fourth-order valence-electron chi connectivity index (χ4n) is 8.61. The van der Waals surface area contributed by atoms with Crippen molar-refractivity contribution >= 4 is 58.0 Å². The number of imide groups is 2. The Morgan fingerprint density at radius 1 is 0.871 bits per heavy atom. The van der Waals surface area contributed by atoms with Crippen molar-refractivity contribution < 1.29 is 56.7 Å². The molecule has 1 atom stereocenters. The van der Waals surface area contributed by atoms with Gasteiger partial charge in [0.05, 0.1) is 92.8 Å². The van der Waals surface area contributed by atoms with Crippen molar-refractivity contribution in [3.8, 4) is 11.1 Å². The average Bonchev–Trinajstić information content (AvgIpc) is 3.61. The van der Waals surface area contributed by atoms with Gasteiger partial charge in [0.2, 0.25) is 17.7 Å². The van der Waals surface area contributed by atoms with Crippen LogP contribution in [0.5, 0.6) is 0 Å². The van der Waals surface area contributed by atoms with Gasteiger partial charge in [0.25, 0.3) is 11.8 Å². The summed E-state index contributed by atoms with van der Waals surface area (Å²) < 4.78 is 47.2. The number of halogens is 2. The summed E-state index contributed by atoms with van der Waals surface area (Å²) in [4.78, 5) is 91.8. The number of nitrogens with two attached hydrogens (primary N) is 1. The van der Waals surface area contributed by atoms with E-state index in [-0.39, 0.29) is 74.3 Å². The molecule has 4 N–H and O–H groups in total. The Labute approximate surface area is 402 Å². The van der Waals surface area contributed by atoms with E-state index in [1.165, 1.54) is 24.4 Å². The molecule has 5 heterocycles. The molecule has 70 heavy (non-hydrogen) atoms. The van der Waals surface area contributed by atoms with Crippen LogP contribution in [-0.2, 0) is 44.9 Å². The van der Waals surface area contributed by atoms with E-state index in [4.69, 9.17) is 39.7 Å². The van der Waals surface area contributed by atoms with Crippen molar-refractivity contribution in [3.05, 3.63) is 94.9 Å². The largest absolute Gasteiger partial charge is 0.404 e. The molecule has 0 radical (unpaired) electrons. The lowest BCUT2D eigenvalue weighted by atomic mass is 10.0. The summed E-state index contributed by atoms with van der Waals surface area (Å²) in [6, 6.07) is 11.7. The minimum absolute atomic E-state index is 0.0169. The van der Waals surface area contributed by atoms with Crippen LogP contribution >= 0.6 is 0 Å². The second-order valence-electron chi connectivity index (χ2n) is 17.0. The molecule has 21 heteroatoms. The number of hydrogen-bond donors (Lipinski definition) is 3. The van der Waals surface area contributed by atoms with Crippen molar-refractivity contribution in [2.45, 2.75) is 50.7 Å². The smallest absolute Gasteiger partial charge is 0.262 e. The monoisotopic (exact) mass is 967 g/mol. The number of anilines is 1. The summed E-state index contributed by atoms with van der Waals surface area (Å²) in [6.07, 6.45) is 6.22. The number of amides is 5. The Bertz CT molecular complexity index is 2610. The van der Waals surface area contributed by atoms with E-state index < -0.39 is 41.3 Å². The van der Waals surface area contributed by atoms with Crippen LogP contribution in [0.15, 0.2) is 65.9 Å². The molecule has 4 aliphatic heterocycles. The Morgan fingerprint density at radius 3 is 2.36 bits per heavy atom. The zero-order valence-corrected chi connectivity index (χ0v) is 38.5. The number of nitrogens with one attached hydrogen (secondary N) is 2. The number of carbonyl (C=O) groups excluding carboxylic acids is 5. The van der Waals surface area contributed by atoms with E-state index in [0.29, 0.717) is 118 Å². The number of nitrogens with zero attached hydrogens (tertiary/aromatic N) is 6. The standard InChI is InChI=1S/C49H55F2N9O10/c50-39-24-31(25-40(51)38(39)30-58-14-18-67-19-15-58)35-2-1-3-41-46(35)56-42(29-55-41)32(27-52)28-54-33-8-12-59(13-9-33)45(62)10-16-69-70-23-22-68-21-20-66-17-11-53-34-4-5-36-37(26-34)49(65)60(48(36)64)43-6-7-44(61)57-47(43)63/h1-5,24-29,33,43,53H,6-23,30,52H2,(H,57,61,63). The summed E-state index contributed by atoms with van der Waals surface area (Å²) in [6.45, 7) is 5.38. The maximum absolute atomic E-state index is 15.4. The average molecular weight is 968 g/mol. The minimum atomic E-state index is -1.02. The third-order valence-corrected chi connectivity index (χ3v) is 12.4. The lowest BCUT2D eigenvalue weighted by molar-refractivity contribution is -0.298. The number of rotatable bonds is 21. The highest BCUT2D eigenvalue weighted by atomic mass is 19.1. The van der Waals surface area contributed by atoms with Crippen LogP contribution in [0.2, 0.25) is 0 Å². The molecule has 0 aliphatic carbocycles. The van der Waals surface area contributed by atoms with Crippen molar-refractivity contribution in [3.63, 3.8) is 0 Å². The van der Waals surface area contributed by atoms with E-state index in [1.54, 1.807) is 47.6 Å². The van der Waals surface area contributed by atoms with Crippen LogP contribution < -0.4 is 16.4 Å². The normalized spacial score (nSPS) is 18.3. The van der Waals surface area contributed by atoms with Gasteiger partial charge < -0.3 is 30.2 Å². The molecular formula is C49H55F2N9O10. The maximum atomic E-state index is 15.4. The number of allylic oxidation sites excluding steroid dienone is 1. The number of morpholine rings is 1. The van der Waals surface area contributed by atoms with Crippen molar-refractivity contribution in [1.29, 1.82) is 0 Å². The second kappa shape index (κ2) is 23.8. The number of hydrogen-bond acceptors (Lipinski definition) is 16. The molecule has 3 aromatic carbocycles. The molecule has 19 nitrogen and oxygen atoms in total. The van der Waals surface area contributed by atoms with Gasteiger partial charge in [-0.25, -0.2) is 23.5 Å². The fourth-order valence-corrected chi connectivity index (χ4v) is 8.61. The number of likely N-dealkylation sites (tertiary alicyclic amines) is 1. The van der Waals surface area contributed by atoms with Crippen molar-refractivity contribution in [1.82, 2.24) is 30.0 Å². The molecule has 4 aliphatic rings. The molecular weight excluding hydrogens is 913 g/mol. The van der Waals surface area contributed by atoms with Crippen LogP contribution in [0.3, 0.4) is 0 Å². The predicted molar refractivity (Wildman–Crippen MR) is 251 cm³/mol. The Morgan fingerprint density at radius 2 is 1.60 bits per heavy atom. The first-order valence-electron chi connectivity index (χ1n) is 23.3.